The Hall–Kier alpha value is -5.07. The molecule has 0 unspecified atom stereocenters. The number of H-pyrrole nitrogens is 1. The van der Waals surface area contributed by atoms with Crippen LogP contribution < -0.4 is 20.5 Å². The van der Waals surface area contributed by atoms with Gasteiger partial charge in [0.15, 0.2) is 12.3 Å². The van der Waals surface area contributed by atoms with Gasteiger partial charge >= 0.3 is 0 Å². The highest BCUT2D eigenvalue weighted by Crippen LogP contribution is 2.35. The Kier molecular flexibility index (Phi) is 4.97. The van der Waals surface area contributed by atoms with Crippen molar-refractivity contribution in [2.75, 3.05) is 23.4 Å². The van der Waals surface area contributed by atoms with Gasteiger partial charge in [-0.3, -0.25) is 29.4 Å². The van der Waals surface area contributed by atoms with E-state index in [1.165, 1.54) is 35.4 Å². The molecule has 0 radical (unpaired) electrons. The zero-order valence-corrected chi connectivity index (χ0v) is 17.3. The van der Waals surface area contributed by atoms with E-state index < -0.39 is 23.3 Å². The predicted octanol–water partition coefficient (Wildman–Crippen LogP) is 1.38. The van der Waals surface area contributed by atoms with Gasteiger partial charge in [-0.1, -0.05) is 12.1 Å². The molecule has 0 saturated carbocycles. The molecule has 34 heavy (non-hydrogen) atoms. The lowest BCUT2D eigenvalue weighted by Gasteiger charge is -2.28. The van der Waals surface area contributed by atoms with Crippen LogP contribution in [-0.2, 0) is 9.59 Å². The number of amides is 2. The number of non-ortho nitro benzene ring substituents is 1. The lowest BCUT2D eigenvalue weighted by molar-refractivity contribution is -0.384. The van der Waals surface area contributed by atoms with Crippen LogP contribution in [0, 0.1) is 10.1 Å². The molecule has 0 aliphatic carbocycles. The molecule has 1 aliphatic heterocycles. The minimum absolute atomic E-state index is 0.135. The molecule has 3 heterocycles. The lowest BCUT2D eigenvalue weighted by Crippen LogP contribution is -2.43. The van der Waals surface area contributed by atoms with Crippen molar-refractivity contribution in [3.05, 3.63) is 75.5 Å². The molecule has 0 atom stereocenters. The van der Waals surface area contributed by atoms with Crippen molar-refractivity contribution in [1.82, 2.24) is 19.7 Å². The fourth-order valence-corrected chi connectivity index (χ4v) is 3.61. The zero-order valence-electron chi connectivity index (χ0n) is 17.3. The Morgan fingerprint density at radius 2 is 2.03 bits per heavy atom. The Labute approximate surface area is 189 Å². The number of hydrogen-bond acceptors (Lipinski definition) is 8. The maximum atomic E-state index is 12.9. The quantitative estimate of drug-likeness (QED) is 0.332. The SMILES string of the molecule is O=C(CN1C(=O)COc2ccc([N+](=O)[O-])cc21)Nc1ccccc1-n1ncc2c(=O)[nH]cnc21. The number of carbonyl (C=O) groups is 2. The first-order valence-corrected chi connectivity index (χ1v) is 9.94. The number of nitrogens with one attached hydrogen (secondary N) is 2. The van der Waals surface area contributed by atoms with Crippen molar-refractivity contribution in [3.8, 4) is 11.4 Å². The number of carbonyl (C=O) groups excluding carboxylic acids is 2. The number of rotatable bonds is 5. The van der Waals surface area contributed by atoms with Crippen LogP contribution in [0.4, 0.5) is 17.1 Å². The van der Waals surface area contributed by atoms with E-state index in [4.69, 9.17) is 4.74 Å². The molecular weight excluding hydrogens is 446 g/mol. The molecule has 170 valence electrons. The summed E-state index contributed by atoms with van der Waals surface area (Å²) in [5, 5.41) is 18.4. The van der Waals surface area contributed by atoms with E-state index in [0.717, 1.165) is 4.90 Å². The number of fused-ring (bicyclic) bond motifs is 2. The standard InChI is InChI=1S/C21H15N7O6/c29-18(9-26-16-7-12(28(32)33)5-6-17(16)34-10-19(26)30)25-14-3-1-2-4-15(14)27-20-13(8-24-27)21(31)23-11-22-20/h1-8,11H,9-10H2,(H,25,29)(H,22,23,31). The minimum atomic E-state index is -0.596. The Morgan fingerprint density at radius 1 is 1.21 bits per heavy atom. The predicted molar refractivity (Wildman–Crippen MR) is 119 cm³/mol. The van der Waals surface area contributed by atoms with Gasteiger partial charge in [0.2, 0.25) is 5.91 Å². The average molecular weight is 461 g/mol. The second-order valence-electron chi connectivity index (χ2n) is 7.27. The van der Waals surface area contributed by atoms with Crippen molar-refractivity contribution in [1.29, 1.82) is 0 Å². The van der Waals surface area contributed by atoms with E-state index in [1.807, 2.05) is 0 Å². The van der Waals surface area contributed by atoms with E-state index in [0.29, 0.717) is 17.0 Å². The molecule has 1 aliphatic rings. The number of ether oxygens (including phenoxy) is 1. The van der Waals surface area contributed by atoms with Gasteiger partial charge in [-0.05, 0) is 18.2 Å². The van der Waals surface area contributed by atoms with Gasteiger partial charge in [-0.15, -0.1) is 0 Å². The summed E-state index contributed by atoms with van der Waals surface area (Å²) in [5.74, 6) is -0.807. The van der Waals surface area contributed by atoms with E-state index in [2.05, 4.69) is 20.4 Å². The minimum Gasteiger partial charge on any atom is -0.482 e. The van der Waals surface area contributed by atoms with Gasteiger partial charge < -0.3 is 15.0 Å². The Balaban J connectivity index is 1.44. The zero-order chi connectivity index (χ0) is 23.8. The maximum absolute atomic E-state index is 12.9. The van der Waals surface area contributed by atoms with Crippen LogP contribution in [0.2, 0.25) is 0 Å². The van der Waals surface area contributed by atoms with Crippen LogP contribution in [0.3, 0.4) is 0 Å². The van der Waals surface area contributed by atoms with Crippen LogP contribution in [0.5, 0.6) is 5.75 Å². The van der Waals surface area contributed by atoms with Crippen LogP contribution in [0.15, 0.2) is 59.8 Å². The first kappa shape index (κ1) is 20.8. The van der Waals surface area contributed by atoms with Crippen molar-refractivity contribution in [2.24, 2.45) is 0 Å². The fraction of sp³-hybridized carbons (Fsp3) is 0.0952. The second kappa shape index (κ2) is 8.12. The number of benzene rings is 2. The molecule has 0 saturated heterocycles. The van der Waals surface area contributed by atoms with Crippen molar-refractivity contribution in [2.45, 2.75) is 0 Å². The van der Waals surface area contributed by atoms with Crippen molar-refractivity contribution >= 4 is 39.9 Å². The molecule has 0 fully saturated rings. The van der Waals surface area contributed by atoms with E-state index >= 15 is 0 Å². The van der Waals surface area contributed by atoms with E-state index in [1.54, 1.807) is 24.3 Å². The number of anilines is 2. The van der Waals surface area contributed by atoms with Gasteiger partial charge in [0, 0.05) is 12.1 Å². The number of nitro groups is 1. The molecule has 2 aromatic heterocycles. The Morgan fingerprint density at radius 3 is 2.85 bits per heavy atom. The topological polar surface area (TPSA) is 165 Å². The highest BCUT2D eigenvalue weighted by Gasteiger charge is 2.29. The van der Waals surface area contributed by atoms with Crippen molar-refractivity contribution in [3.63, 3.8) is 0 Å². The van der Waals surface area contributed by atoms with Gasteiger partial charge in [-0.2, -0.15) is 5.10 Å². The number of hydrogen-bond donors (Lipinski definition) is 2. The van der Waals surface area contributed by atoms with Crippen LogP contribution in [-0.4, -0.2) is 49.6 Å². The number of nitro benzene ring substituents is 1. The molecule has 4 aromatic rings. The first-order chi connectivity index (χ1) is 16.4. The summed E-state index contributed by atoms with van der Waals surface area (Å²) in [5.41, 5.74) is 0.662. The van der Waals surface area contributed by atoms with Gasteiger partial charge in [-0.25, -0.2) is 9.67 Å². The average Bonchev–Trinajstić information content (AvgIpc) is 3.26. The smallest absolute Gasteiger partial charge is 0.271 e. The number of aromatic amines is 1. The maximum Gasteiger partial charge on any atom is 0.271 e. The molecular formula is C21H15N7O6. The second-order valence-corrected chi connectivity index (χ2v) is 7.27. The van der Waals surface area contributed by atoms with Gasteiger partial charge in [0.1, 0.15) is 17.7 Å². The largest absolute Gasteiger partial charge is 0.482 e. The third kappa shape index (κ3) is 3.60. The summed E-state index contributed by atoms with van der Waals surface area (Å²) in [4.78, 5) is 55.7. The fourth-order valence-electron chi connectivity index (χ4n) is 3.61. The first-order valence-electron chi connectivity index (χ1n) is 9.94. The lowest BCUT2D eigenvalue weighted by atomic mass is 10.2. The summed E-state index contributed by atoms with van der Waals surface area (Å²) >= 11 is 0. The molecule has 13 heteroatoms. The molecule has 2 amide bonds. The summed E-state index contributed by atoms with van der Waals surface area (Å²) in [6.45, 7) is -0.698. The highest BCUT2D eigenvalue weighted by atomic mass is 16.6. The third-order valence-corrected chi connectivity index (χ3v) is 5.18. The summed E-state index contributed by atoms with van der Waals surface area (Å²) in [6.07, 6.45) is 2.63. The molecule has 5 rings (SSSR count). The summed E-state index contributed by atoms with van der Waals surface area (Å²) in [6, 6.07) is 10.6. The highest BCUT2D eigenvalue weighted by molar-refractivity contribution is 6.05. The van der Waals surface area contributed by atoms with E-state index in [9.17, 15) is 24.5 Å². The Bertz CT molecular complexity index is 1530. The molecule has 2 N–H and O–H groups in total. The van der Waals surface area contributed by atoms with Crippen LogP contribution in [0.25, 0.3) is 16.7 Å². The molecule has 13 nitrogen and oxygen atoms in total. The van der Waals surface area contributed by atoms with Crippen LogP contribution >= 0.6 is 0 Å². The number of para-hydroxylation sites is 2. The van der Waals surface area contributed by atoms with Gasteiger partial charge in [0.25, 0.3) is 17.2 Å². The molecule has 2 aromatic carbocycles. The number of nitrogens with zero attached hydrogens (tertiary/aromatic N) is 5. The third-order valence-electron chi connectivity index (χ3n) is 5.18. The normalized spacial score (nSPS) is 12.8. The summed E-state index contributed by atoms with van der Waals surface area (Å²) in [7, 11) is 0. The monoisotopic (exact) mass is 461 g/mol. The summed E-state index contributed by atoms with van der Waals surface area (Å²) < 4.78 is 6.74. The molecule has 0 bridgehead atoms. The van der Waals surface area contributed by atoms with Crippen molar-refractivity contribution < 1.29 is 19.2 Å². The van der Waals surface area contributed by atoms with Crippen LogP contribution in [0.1, 0.15) is 0 Å². The molecule has 0 spiro atoms. The number of aromatic nitrogens is 4. The van der Waals surface area contributed by atoms with Gasteiger partial charge in [0.05, 0.1) is 34.5 Å². The van der Waals surface area contributed by atoms with E-state index in [-0.39, 0.29) is 34.7 Å².